The van der Waals surface area contributed by atoms with Crippen LogP contribution in [0.15, 0.2) is 54.9 Å². The number of hydrogen-bond donors (Lipinski definition) is 1. The van der Waals surface area contributed by atoms with Crippen molar-refractivity contribution in [2.75, 3.05) is 0 Å². The van der Waals surface area contributed by atoms with E-state index in [4.69, 9.17) is 5.11 Å². The van der Waals surface area contributed by atoms with E-state index in [1.165, 1.54) is 18.2 Å². The highest BCUT2D eigenvalue weighted by molar-refractivity contribution is 6.06. The van der Waals surface area contributed by atoms with Crippen LogP contribution in [0.25, 0.3) is 6.08 Å². The molecule has 2 rings (SSSR count). The van der Waals surface area contributed by atoms with Gasteiger partial charge in [-0.15, -0.1) is 0 Å². The zero-order valence-electron chi connectivity index (χ0n) is 9.08. The van der Waals surface area contributed by atoms with Gasteiger partial charge in [0.05, 0.1) is 0 Å². The zero-order chi connectivity index (χ0) is 12.1. The van der Waals surface area contributed by atoms with Crippen LogP contribution in [0.1, 0.15) is 15.9 Å². The Hall–Kier alpha value is -2.42. The van der Waals surface area contributed by atoms with Crippen molar-refractivity contribution in [1.29, 1.82) is 0 Å². The van der Waals surface area contributed by atoms with Gasteiger partial charge in [-0.05, 0) is 48.0 Å². The molecule has 0 bridgehead atoms. The van der Waals surface area contributed by atoms with Crippen LogP contribution < -0.4 is 0 Å². The van der Waals surface area contributed by atoms with Crippen molar-refractivity contribution in [2.45, 2.75) is 0 Å². The molecule has 0 fully saturated rings. The van der Waals surface area contributed by atoms with Crippen molar-refractivity contribution >= 4 is 11.9 Å². The Morgan fingerprint density at radius 3 is 2.35 bits per heavy atom. The standard InChI is InChI=1S/C14H11NO2/c16-13-4-2-12(3-5-13)14(17)6-1-11-7-9-15-10-8-11/h1-10,16H. The number of aromatic nitrogens is 1. The molecular formula is C14H11NO2. The van der Waals surface area contributed by atoms with E-state index >= 15 is 0 Å². The van der Waals surface area contributed by atoms with E-state index in [1.54, 1.807) is 30.6 Å². The second-order valence-corrected chi connectivity index (χ2v) is 3.53. The lowest BCUT2D eigenvalue weighted by atomic mass is 10.1. The van der Waals surface area contributed by atoms with E-state index < -0.39 is 0 Å². The first-order valence-electron chi connectivity index (χ1n) is 5.17. The smallest absolute Gasteiger partial charge is 0.185 e. The van der Waals surface area contributed by atoms with Gasteiger partial charge >= 0.3 is 0 Å². The highest BCUT2D eigenvalue weighted by Crippen LogP contribution is 2.11. The predicted molar refractivity (Wildman–Crippen MR) is 65.7 cm³/mol. The third kappa shape index (κ3) is 3.01. The molecule has 0 aliphatic carbocycles. The number of phenolic OH excluding ortho intramolecular Hbond substituents is 1. The summed E-state index contributed by atoms with van der Waals surface area (Å²) in [6, 6.07) is 9.81. The summed E-state index contributed by atoms with van der Waals surface area (Å²) in [7, 11) is 0. The maximum atomic E-state index is 11.7. The number of phenols is 1. The van der Waals surface area contributed by atoms with Crippen molar-refractivity contribution in [3.8, 4) is 5.75 Å². The molecule has 0 saturated heterocycles. The summed E-state index contributed by atoms with van der Waals surface area (Å²) >= 11 is 0. The lowest BCUT2D eigenvalue weighted by Crippen LogP contribution is -1.92. The first-order chi connectivity index (χ1) is 8.25. The van der Waals surface area contributed by atoms with Gasteiger partial charge in [-0.25, -0.2) is 0 Å². The molecule has 0 amide bonds. The molecule has 1 N–H and O–H groups in total. The molecule has 0 aliphatic heterocycles. The number of pyridine rings is 1. The van der Waals surface area contributed by atoms with Crippen LogP contribution in [0.2, 0.25) is 0 Å². The van der Waals surface area contributed by atoms with Gasteiger partial charge < -0.3 is 5.11 Å². The lowest BCUT2D eigenvalue weighted by molar-refractivity contribution is 0.104. The Bertz CT molecular complexity index is 530. The molecule has 3 nitrogen and oxygen atoms in total. The van der Waals surface area contributed by atoms with Gasteiger partial charge in [0.2, 0.25) is 0 Å². The molecule has 0 radical (unpaired) electrons. The summed E-state index contributed by atoms with van der Waals surface area (Å²) in [5.74, 6) is 0.0569. The summed E-state index contributed by atoms with van der Waals surface area (Å²) in [5.41, 5.74) is 1.47. The third-order valence-corrected chi connectivity index (χ3v) is 2.29. The van der Waals surface area contributed by atoms with Gasteiger partial charge in [0.1, 0.15) is 5.75 Å². The number of carbonyl (C=O) groups excluding carboxylic acids is 1. The lowest BCUT2D eigenvalue weighted by Gasteiger charge is -1.96. The van der Waals surface area contributed by atoms with Crippen LogP contribution >= 0.6 is 0 Å². The van der Waals surface area contributed by atoms with E-state index in [0.29, 0.717) is 5.56 Å². The number of allylic oxidation sites excluding steroid dienone is 1. The topological polar surface area (TPSA) is 50.2 Å². The van der Waals surface area contributed by atoms with E-state index in [1.807, 2.05) is 12.1 Å². The first kappa shape index (κ1) is 11.1. The van der Waals surface area contributed by atoms with Crippen LogP contribution in [0.4, 0.5) is 0 Å². The Morgan fingerprint density at radius 1 is 1.06 bits per heavy atom. The molecular weight excluding hydrogens is 214 g/mol. The molecule has 84 valence electrons. The van der Waals surface area contributed by atoms with E-state index in [-0.39, 0.29) is 11.5 Å². The van der Waals surface area contributed by atoms with Crippen molar-refractivity contribution in [3.63, 3.8) is 0 Å². The second kappa shape index (κ2) is 5.07. The quantitative estimate of drug-likeness (QED) is 0.645. The highest BCUT2D eigenvalue weighted by atomic mass is 16.3. The SMILES string of the molecule is O=C(C=Cc1ccncc1)c1ccc(O)cc1. The van der Waals surface area contributed by atoms with Gasteiger partial charge in [0.15, 0.2) is 5.78 Å². The third-order valence-electron chi connectivity index (χ3n) is 2.29. The zero-order valence-corrected chi connectivity index (χ0v) is 9.08. The normalized spacial score (nSPS) is 10.6. The molecule has 17 heavy (non-hydrogen) atoms. The molecule has 1 aromatic heterocycles. The van der Waals surface area contributed by atoms with Gasteiger partial charge in [-0.2, -0.15) is 0 Å². The Labute approximate surface area is 99.1 Å². The van der Waals surface area contributed by atoms with Crippen molar-refractivity contribution in [3.05, 3.63) is 66.0 Å². The number of ketones is 1. The molecule has 1 heterocycles. The van der Waals surface area contributed by atoms with E-state index in [9.17, 15) is 4.79 Å². The van der Waals surface area contributed by atoms with Crippen molar-refractivity contribution in [1.82, 2.24) is 4.98 Å². The maximum Gasteiger partial charge on any atom is 0.185 e. The van der Waals surface area contributed by atoms with Gasteiger partial charge in [0, 0.05) is 18.0 Å². The number of aromatic hydroxyl groups is 1. The average Bonchev–Trinajstić information content (AvgIpc) is 2.38. The molecule has 3 heteroatoms. The van der Waals surface area contributed by atoms with Crippen LogP contribution in [-0.4, -0.2) is 15.9 Å². The number of hydrogen-bond acceptors (Lipinski definition) is 3. The number of carbonyl (C=O) groups is 1. The van der Waals surface area contributed by atoms with Crippen molar-refractivity contribution in [2.24, 2.45) is 0 Å². The fourth-order valence-corrected chi connectivity index (χ4v) is 1.37. The van der Waals surface area contributed by atoms with Gasteiger partial charge in [-0.3, -0.25) is 9.78 Å². The Balaban J connectivity index is 2.12. The van der Waals surface area contributed by atoms with Crippen molar-refractivity contribution < 1.29 is 9.90 Å². The Morgan fingerprint density at radius 2 is 1.71 bits per heavy atom. The first-order valence-corrected chi connectivity index (χ1v) is 5.17. The molecule has 0 unspecified atom stereocenters. The summed E-state index contributed by atoms with van der Waals surface area (Å²) in [5, 5.41) is 9.11. The van der Waals surface area contributed by atoms with Crippen LogP contribution in [0.5, 0.6) is 5.75 Å². The minimum atomic E-state index is -0.0955. The van der Waals surface area contributed by atoms with E-state index in [0.717, 1.165) is 5.56 Å². The number of rotatable bonds is 3. The minimum absolute atomic E-state index is 0.0955. The largest absolute Gasteiger partial charge is 0.508 e. The molecule has 0 aliphatic rings. The highest BCUT2D eigenvalue weighted by Gasteiger charge is 2.00. The van der Waals surface area contributed by atoms with Crippen LogP contribution in [0.3, 0.4) is 0 Å². The number of nitrogens with zero attached hydrogens (tertiary/aromatic N) is 1. The molecule has 2 aromatic rings. The van der Waals surface area contributed by atoms with Crippen LogP contribution in [0, 0.1) is 0 Å². The summed E-state index contributed by atoms with van der Waals surface area (Å²) in [4.78, 5) is 15.6. The molecule has 1 aromatic carbocycles. The Kier molecular flexibility index (Phi) is 3.31. The van der Waals surface area contributed by atoms with Gasteiger partial charge in [-0.1, -0.05) is 6.08 Å². The van der Waals surface area contributed by atoms with E-state index in [2.05, 4.69) is 4.98 Å². The van der Waals surface area contributed by atoms with Gasteiger partial charge in [0.25, 0.3) is 0 Å². The molecule has 0 spiro atoms. The maximum absolute atomic E-state index is 11.7. The fraction of sp³-hybridized carbons (Fsp3) is 0. The summed E-state index contributed by atoms with van der Waals surface area (Å²) < 4.78 is 0. The predicted octanol–water partition coefficient (Wildman–Crippen LogP) is 2.68. The summed E-state index contributed by atoms with van der Waals surface area (Å²) in [6.07, 6.45) is 6.58. The fourth-order valence-electron chi connectivity index (χ4n) is 1.37. The number of benzene rings is 1. The van der Waals surface area contributed by atoms with Crippen LogP contribution in [-0.2, 0) is 0 Å². The monoisotopic (exact) mass is 225 g/mol. The summed E-state index contributed by atoms with van der Waals surface area (Å²) in [6.45, 7) is 0. The minimum Gasteiger partial charge on any atom is -0.508 e. The second-order valence-electron chi connectivity index (χ2n) is 3.53. The average molecular weight is 225 g/mol. The molecule has 0 saturated carbocycles. The molecule has 0 atom stereocenters.